The van der Waals surface area contributed by atoms with Crippen molar-refractivity contribution >= 4 is 55.9 Å². The third-order valence-corrected chi connectivity index (χ3v) is 8.25. The van der Waals surface area contributed by atoms with Crippen molar-refractivity contribution in [2.24, 2.45) is 0 Å². The number of aromatic nitrogens is 3. The van der Waals surface area contributed by atoms with Gasteiger partial charge in [-0.15, -0.1) is 21.5 Å². The van der Waals surface area contributed by atoms with Gasteiger partial charge in [-0.1, -0.05) is 45.9 Å². The second-order valence-electron chi connectivity index (χ2n) is 7.50. The van der Waals surface area contributed by atoms with Gasteiger partial charge in [0, 0.05) is 21.5 Å². The standard InChI is InChI=1S/C23H25BrN4O3S2/c1-3-28-20(14-9-5-7-11-16(14)24)26-27-23(28)32-13-18(29)25-21-19(22(30)31-4-2)15-10-6-8-12-17(15)33-21/h5,7,9,11H,3-4,6,8,10,12-13H2,1-2H3,(H,25,29). The van der Waals surface area contributed by atoms with E-state index in [9.17, 15) is 9.59 Å². The molecule has 3 aromatic rings. The van der Waals surface area contributed by atoms with Gasteiger partial charge in [-0.3, -0.25) is 4.79 Å². The van der Waals surface area contributed by atoms with Crippen molar-refractivity contribution in [3.05, 3.63) is 44.7 Å². The van der Waals surface area contributed by atoms with Gasteiger partial charge in [0.2, 0.25) is 5.91 Å². The number of thiophene rings is 1. The number of esters is 1. The van der Waals surface area contributed by atoms with Crippen LogP contribution in [-0.4, -0.2) is 39.0 Å². The molecule has 0 bridgehead atoms. The molecule has 0 aliphatic heterocycles. The fourth-order valence-electron chi connectivity index (χ4n) is 3.89. The van der Waals surface area contributed by atoms with E-state index in [0.717, 1.165) is 47.1 Å². The summed E-state index contributed by atoms with van der Waals surface area (Å²) in [6, 6.07) is 7.85. The zero-order valence-electron chi connectivity index (χ0n) is 18.5. The quantitative estimate of drug-likeness (QED) is 0.292. The molecule has 1 aliphatic carbocycles. The van der Waals surface area contributed by atoms with E-state index in [-0.39, 0.29) is 17.6 Å². The maximum atomic E-state index is 12.8. The van der Waals surface area contributed by atoms with Gasteiger partial charge in [-0.25, -0.2) is 4.79 Å². The van der Waals surface area contributed by atoms with E-state index in [1.54, 1.807) is 6.92 Å². The number of anilines is 1. The van der Waals surface area contributed by atoms with Crippen LogP contribution >= 0.6 is 39.0 Å². The van der Waals surface area contributed by atoms with E-state index < -0.39 is 0 Å². The Hall–Kier alpha value is -2.17. The summed E-state index contributed by atoms with van der Waals surface area (Å²) >= 11 is 6.40. The first kappa shape index (κ1) is 24.0. The van der Waals surface area contributed by atoms with Gasteiger partial charge >= 0.3 is 5.97 Å². The van der Waals surface area contributed by atoms with Crippen LogP contribution in [0.2, 0.25) is 0 Å². The van der Waals surface area contributed by atoms with Crippen molar-refractivity contribution in [3.8, 4) is 11.4 Å². The smallest absolute Gasteiger partial charge is 0.341 e. The number of fused-ring (bicyclic) bond motifs is 1. The number of halogens is 1. The monoisotopic (exact) mass is 548 g/mol. The number of rotatable bonds is 8. The number of thioether (sulfide) groups is 1. The molecule has 1 N–H and O–H groups in total. The van der Waals surface area contributed by atoms with E-state index in [4.69, 9.17) is 4.74 Å². The van der Waals surface area contributed by atoms with Crippen LogP contribution in [0.15, 0.2) is 33.9 Å². The molecule has 4 rings (SSSR count). The Balaban J connectivity index is 1.49. The van der Waals surface area contributed by atoms with Crippen LogP contribution in [0.1, 0.15) is 47.5 Å². The predicted molar refractivity (Wildman–Crippen MR) is 135 cm³/mol. The van der Waals surface area contributed by atoms with E-state index in [0.29, 0.717) is 28.9 Å². The van der Waals surface area contributed by atoms with Gasteiger partial charge in [0.1, 0.15) is 5.00 Å². The van der Waals surface area contributed by atoms with Gasteiger partial charge in [-0.2, -0.15) is 0 Å². The molecular formula is C23H25BrN4O3S2. The summed E-state index contributed by atoms with van der Waals surface area (Å²) in [5.41, 5.74) is 2.52. The van der Waals surface area contributed by atoms with Crippen LogP contribution in [-0.2, 0) is 28.9 Å². The van der Waals surface area contributed by atoms with Crippen molar-refractivity contribution in [1.82, 2.24) is 14.8 Å². The van der Waals surface area contributed by atoms with Crippen molar-refractivity contribution in [2.75, 3.05) is 17.7 Å². The lowest BCUT2D eigenvalue weighted by atomic mass is 9.95. The first-order chi connectivity index (χ1) is 16.0. The molecule has 0 saturated heterocycles. The van der Waals surface area contributed by atoms with Gasteiger partial charge in [0.15, 0.2) is 11.0 Å². The summed E-state index contributed by atoms with van der Waals surface area (Å²) in [6.45, 7) is 4.80. The molecule has 1 aliphatic rings. The minimum atomic E-state index is -0.358. The molecule has 7 nitrogen and oxygen atoms in total. The molecule has 0 radical (unpaired) electrons. The van der Waals surface area contributed by atoms with Crippen LogP contribution < -0.4 is 5.32 Å². The summed E-state index contributed by atoms with van der Waals surface area (Å²) in [4.78, 5) is 26.6. The number of nitrogens with one attached hydrogen (secondary N) is 1. The number of aryl methyl sites for hydroxylation is 1. The van der Waals surface area contributed by atoms with Crippen molar-refractivity contribution in [1.29, 1.82) is 0 Å². The van der Waals surface area contributed by atoms with E-state index in [1.165, 1.54) is 28.0 Å². The number of ether oxygens (including phenoxy) is 1. The van der Waals surface area contributed by atoms with Crippen LogP contribution in [0.5, 0.6) is 0 Å². The third-order valence-electron chi connectivity index (χ3n) is 5.38. The molecule has 174 valence electrons. The summed E-state index contributed by atoms with van der Waals surface area (Å²) in [6.07, 6.45) is 3.94. The molecule has 1 aromatic carbocycles. The zero-order chi connectivity index (χ0) is 23.4. The number of nitrogens with zero attached hydrogens (tertiary/aromatic N) is 3. The highest BCUT2D eigenvalue weighted by Gasteiger charge is 2.27. The normalized spacial score (nSPS) is 12.9. The van der Waals surface area contributed by atoms with Crippen LogP contribution in [0.25, 0.3) is 11.4 Å². The van der Waals surface area contributed by atoms with E-state index in [1.807, 2.05) is 35.8 Å². The van der Waals surface area contributed by atoms with Crippen LogP contribution in [0.3, 0.4) is 0 Å². The highest BCUT2D eigenvalue weighted by molar-refractivity contribution is 9.10. The van der Waals surface area contributed by atoms with Gasteiger partial charge < -0.3 is 14.6 Å². The molecule has 33 heavy (non-hydrogen) atoms. The van der Waals surface area contributed by atoms with Crippen molar-refractivity contribution in [2.45, 2.75) is 51.2 Å². The Kier molecular flexibility index (Phi) is 7.87. The Morgan fingerprint density at radius 1 is 1.21 bits per heavy atom. The van der Waals surface area contributed by atoms with E-state index in [2.05, 4.69) is 31.4 Å². The Labute approximate surface area is 209 Å². The topological polar surface area (TPSA) is 86.1 Å². The predicted octanol–water partition coefficient (Wildman–Crippen LogP) is 5.58. The third kappa shape index (κ3) is 5.17. The molecule has 0 atom stereocenters. The average Bonchev–Trinajstić information content (AvgIpc) is 3.38. The summed E-state index contributed by atoms with van der Waals surface area (Å²) in [5.74, 6) is 0.378. The largest absolute Gasteiger partial charge is 0.462 e. The summed E-state index contributed by atoms with van der Waals surface area (Å²) in [7, 11) is 0. The minimum absolute atomic E-state index is 0.166. The number of benzene rings is 1. The lowest BCUT2D eigenvalue weighted by Crippen LogP contribution is -2.17. The van der Waals surface area contributed by atoms with Gasteiger partial charge in [-0.05, 0) is 51.2 Å². The second-order valence-corrected chi connectivity index (χ2v) is 10.4. The first-order valence-corrected chi connectivity index (χ1v) is 13.5. The fourth-order valence-corrected chi connectivity index (χ4v) is 6.45. The molecule has 0 fully saturated rings. The number of carbonyl (C=O) groups is 2. The molecule has 0 spiro atoms. The molecule has 2 heterocycles. The zero-order valence-corrected chi connectivity index (χ0v) is 21.7. The number of amides is 1. The highest BCUT2D eigenvalue weighted by Crippen LogP contribution is 2.39. The fraction of sp³-hybridized carbons (Fsp3) is 0.391. The number of hydrogen-bond acceptors (Lipinski definition) is 7. The average molecular weight is 550 g/mol. The maximum absolute atomic E-state index is 12.8. The molecule has 2 aromatic heterocycles. The van der Waals surface area contributed by atoms with Crippen LogP contribution in [0.4, 0.5) is 5.00 Å². The summed E-state index contributed by atoms with van der Waals surface area (Å²) in [5, 5.41) is 12.9. The molecule has 1 amide bonds. The van der Waals surface area contributed by atoms with Gasteiger partial charge in [0.05, 0.1) is 17.9 Å². The highest BCUT2D eigenvalue weighted by atomic mass is 79.9. The number of carbonyl (C=O) groups excluding carboxylic acids is 2. The SMILES string of the molecule is CCOC(=O)c1c(NC(=O)CSc2nnc(-c3ccccc3Br)n2CC)sc2c1CCCC2. The minimum Gasteiger partial charge on any atom is -0.462 e. The lowest BCUT2D eigenvalue weighted by Gasteiger charge is -2.12. The maximum Gasteiger partial charge on any atom is 0.341 e. The van der Waals surface area contributed by atoms with Crippen LogP contribution in [0, 0.1) is 0 Å². The molecule has 10 heteroatoms. The van der Waals surface area contributed by atoms with Crippen molar-refractivity contribution < 1.29 is 14.3 Å². The Bertz CT molecular complexity index is 1170. The molecule has 0 saturated carbocycles. The second kappa shape index (κ2) is 10.8. The first-order valence-electron chi connectivity index (χ1n) is 11.0. The lowest BCUT2D eigenvalue weighted by molar-refractivity contribution is -0.113. The van der Waals surface area contributed by atoms with Crippen molar-refractivity contribution in [3.63, 3.8) is 0 Å². The summed E-state index contributed by atoms with van der Waals surface area (Å²) < 4.78 is 8.21. The molecular weight excluding hydrogens is 524 g/mol. The Morgan fingerprint density at radius 2 is 2.00 bits per heavy atom. The number of hydrogen-bond donors (Lipinski definition) is 1. The van der Waals surface area contributed by atoms with Gasteiger partial charge in [0.25, 0.3) is 0 Å². The van der Waals surface area contributed by atoms with E-state index >= 15 is 0 Å². The molecule has 0 unspecified atom stereocenters. The Morgan fingerprint density at radius 3 is 2.76 bits per heavy atom.